The summed E-state index contributed by atoms with van der Waals surface area (Å²) < 4.78 is 5.38. The molecule has 1 amide bonds. The molecule has 1 aliphatic carbocycles. The minimum absolute atomic E-state index is 0.0969. The average Bonchev–Trinajstić information content (AvgIpc) is 2.69. The van der Waals surface area contributed by atoms with E-state index in [2.05, 4.69) is 11.8 Å². The molecule has 1 N–H and O–H groups in total. The lowest BCUT2D eigenvalue weighted by Crippen LogP contribution is -2.51. The number of morpholine rings is 1. The summed E-state index contributed by atoms with van der Waals surface area (Å²) in [4.78, 5) is 15.6. The summed E-state index contributed by atoms with van der Waals surface area (Å²) in [5.74, 6) is 0.633. The van der Waals surface area contributed by atoms with E-state index in [1.807, 2.05) is 4.90 Å². The number of hydrogen-bond donors (Lipinski definition) is 1. The Morgan fingerprint density at radius 2 is 1.91 bits per heavy atom. The molecule has 2 saturated heterocycles. The Morgan fingerprint density at radius 1 is 1.27 bits per heavy atom. The van der Waals surface area contributed by atoms with Gasteiger partial charge < -0.3 is 14.7 Å². The zero-order chi connectivity index (χ0) is 15.8. The zero-order valence-electron chi connectivity index (χ0n) is 13.7. The second-order valence-corrected chi connectivity index (χ2v) is 8.88. The van der Waals surface area contributed by atoms with Gasteiger partial charge in [0.25, 0.3) is 5.91 Å². The minimum Gasteiger partial charge on any atom is -0.379 e. The molecule has 1 spiro atoms. The Bertz CT molecular complexity index is 416. The summed E-state index contributed by atoms with van der Waals surface area (Å²) >= 11 is 1.48. The van der Waals surface area contributed by atoms with E-state index in [-0.39, 0.29) is 10.8 Å². The number of rotatable bonds is 3. The van der Waals surface area contributed by atoms with Crippen molar-refractivity contribution in [3.05, 3.63) is 0 Å². The second kappa shape index (κ2) is 6.30. The van der Waals surface area contributed by atoms with Gasteiger partial charge in [0.05, 0.1) is 18.1 Å². The lowest BCUT2D eigenvalue weighted by molar-refractivity contribution is -0.143. The number of nitrogens with zero attached hydrogens (tertiary/aromatic N) is 2. The van der Waals surface area contributed by atoms with Gasteiger partial charge in [-0.1, -0.05) is 18.7 Å². The van der Waals surface area contributed by atoms with Crippen molar-refractivity contribution in [1.82, 2.24) is 9.80 Å². The first kappa shape index (κ1) is 16.6. The maximum Gasteiger partial charge on any atom is 0.266 e. The molecule has 0 bridgehead atoms. The van der Waals surface area contributed by atoms with Crippen molar-refractivity contribution in [2.45, 2.75) is 49.3 Å². The van der Waals surface area contributed by atoms with Crippen LogP contribution >= 0.6 is 11.8 Å². The summed E-state index contributed by atoms with van der Waals surface area (Å²) in [6.07, 6.45) is 4.29. The van der Waals surface area contributed by atoms with Crippen LogP contribution in [0.4, 0.5) is 0 Å². The Morgan fingerprint density at radius 3 is 2.55 bits per heavy atom. The summed E-state index contributed by atoms with van der Waals surface area (Å²) in [6.45, 7) is 8.98. The standard InChI is InChI=1S/C16H28N2O3S/c1-13-3-5-16(6-4-13)18(14(19)15(2,20)22-16)8-7-17-9-11-21-12-10-17/h13,20H,3-12H2,1-2H3/t13?,15-,16?/m1/s1. The van der Waals surface area contributed by atoms with Crippen LogP contribution in [0.1, 0.15) is 39.5 Å². The normalized spacial score (nSPS) is 40.6. The van der Waals surface area contributed by atoms with Gasteiger partial charge in [-0.15, -0.1) is 0 Å². The van der Waals surface area contributed by atoms with Gasteiger partial charge in [-0.2, -0.15) is 0 Å². The van der Waals surface area contributed by atoms with Gasteiger partial charge in [-0.05, 0) is 38.5 Å². The van der Waals surface area contributed by atoms with Crippen molar-refractivity contribution in [3.63, 3.8) is 0 Å². The average molecular weight is 328 g/mol. The van der Waals surface area contributed by atoms with E-state index < -0.39 is 4.93 Å². The number of amides is 1. The van der Waals surface area contributed by atoms with Crippen LogP contribution in [0.25, 0.3) is 0 Å². The number of aliphatic hydroxyl groups is 1. The van der Waals surface area contributed by atoms with Crippen LogP contribution in [0.2, 0.25) is 0 Å². The van der Waals surface area contributed by atoms with Gasteiger partial charge in [0, 0.05) is 26.2 Å². The first-order chi connectivity index (χ1) is 10.4. The number of ether oxygens (including phenoxy) is 1. The fourth-order valence-corrected chi connectivity index (χ4v) is 5.52. The smallest absolute Gasteiger partial charge is 0.266 e. The highest BCUT2D eigenvalue weighted by Gasteiger charge is 2.57. The van der Waals surface area contributed by atoms with Crippen LogP contribution in [-0.2, 0) is 9.53 Å². The Hall–Kier alpha value is -0.300. The lowest BCUT2D eigenvalue weighted by Gasteiger charge is -2.42. The van der Waals surface area contributed by atoms with Crippen molar-refractivity contribution in [2.75, 3.05) is 39.4 Å². The SMILES string of the molecule is CC1CCC2(CC1)S[C@@](C)(O)C(=O)N2CCN1CCOCC1. The third kappa shape index (κ3) is 3.16. The minimum atomic E-state index is -1.26. The Labute approximate surface area is 137 Å². The molecule has 0 aromatic heterocycles. The highest BCUT2D eigenvalue weighted by atomic mass is 32.2. The molecule has 1 saturated carbocycles. The van der Waals surface area contributed by atoms with Gasteiger partial charge in [-0.3, -0.25) is 9.69 Å². The van der Waals surface area contributed by atoms with E-state index in [9.17, 15) is 9.90 Å². The quantitative estimate of drug-likeness (QED) is 0.851. The van der Waals surface area contributed by atoms with Gasteiger partial charge in [0.2, 0.25) is 0 Å². The summed E-state index contributed by atoms with van der Waals surface area (Å²) in [6, 6.07) is 0. The predicted molar refractivity (Wildman–Crippen MR) is 87.5 cm³/mol. The molecule has 3 fully saturated rings. The fraction of sp³-hybridized carbons (Fsp3) is 0.938. The summed E-state index contributed by atoms with van der Waals surface area (Å²) in [7, 11) is 0. The first-order valence-corrected chi connectivity index (χ1v) is 9.29. The summed E-state index contributed by atoms with van der Waals surface area (Å²) in [5, 5.41) is 10.5. The van der Waals surface area contributed by atoms with Crippen LogP contribution in [-0.4, -0.2) is 70.0 Å². The maximum absolute atomic E-state index is 12.7. The molecule has 0 radical (unpaired) electrons. The number of hydrogen-bond acceptors (Lipinski definition) is 5. The zero-order valence-corrected chi connectivity index (χ0v) is 14.5. The van der Waals surface area contributed by atoms with Crippen LogP contribution in [0.5, 0.6) is 0 Å². The van der Waals surface area contributed by atoms with Crippen LogP contribution in [0.3, 0.4) is 0 Å². The molecule has 3 aliphatic rings. The van der Waals surface area contributed by atoms with Crippen molar-refractivity contribution >= 4 is 17.7 Å². The van der Waals surface area contributed by atoms with Gasteiger partial charge in [0.15, 0.2) is 4.93 Å². The molecule has 22 heavy (non-hydrogen) atoms. The van der Waals surface area contributed by atoms with E-state index in [0.717, 1.165) is 71.0 Å². The van der Waals surface area contributed by atoms with Crippen molar-refractivity contribution in [1.29, 1.82) is 0 Å². The van der Waals surface area contributed by atoms with E-state index in [4.69, 9.17) is 4.74 Å². The molecule has 0 unspecified atom stereocenters. The van der Waals surface area contributed by atoms with Gasteiger partial charge in [0.1, 0.15) is 0 Å². The Kier molecular flexibility index (Phi) is 4.74. The fourth-order valence-electron chi connectivity index (χ4n) is 3.86. The molecule has 0 aromatic carbocycles. The molecule has 3 rings (SSSR count). The molecular weight excluding hydrogens is 300 g/mol. The van der Waals surface area contributed by atoms with Crippen molar-refractivity contribution in [3.8, 4) is 0 Å². The molecule has 2 heterocycles. The summed E-state index contributed by atoms with van der Waals surface area (Å²) in [5.41, 5.74) is 0. The van der Waals surface area contributed by atoms with E-state index in [1.165, 1.54) is 11.8 Å². The molecule has 6 heteroatoms. The molecule has 5 nitrogen and oxygen atoms in total. The highest BCUT2D eigenvalue weighted by molar-refractivity contribution is 8.03. The molecule has 2 aliphatic heterocycles. The van der Waals surface area contributed by atoms with Gasteiger partial charge in [-0.25, -0.2) is 0 Å². The van der Waals surface area contributed by atoms with E-state index in [0.29, 0.717) is 0 Å². The third-order valence-corrected chi connectivity index (χ3v) is 6.90. The van der Waals surface area contributed by atoms with E-state index >= 15 is 0 Å². The number of carbonyl (C=O) groups excluding carboxylic acids is 1. The van der Waals surface area contributed by atoms with E-state index in [1.54, 1.807) is 6.92 Å². The second-order valence-electron chi connectivity index (χ2n) is 7.12. The van der Waals surface area contributed by atoms with Crippen molar-refractivity contribution < 1.29 is 14.6 Å². The van der Waals surface area contributed by atoms with Crippen molar-refractivity contribution in [2.24, 2.45) is 5.92 Å². The van der Waals surface area contributed by atoms with Crippen LogP contribution < -0.4 is 0 Å². The largest absolute Gasteiger partial charge is 0.379 e. The molecular formula is C16H28N2O3S. The molecule has 0 aromatic rings. The topological polar surface area (TPSA) is 53.0 Å². The first-order valence-electron chi connectivity index (χ1n) is 8.48. The molecule has 126 valence electrons. The molecule has 1 atom stereocenters. The third-order valence-electron chi connectivity index (χ3n) is 5.32. The van der Waals surface area contributed by atoms with Crippen LogP contribution in [0.15, 0.2) is 0 Å². The van der Waals surface area contributed by atoms with Gasteiger partial charge >= 0.3 is 0 Å². The number of thioether (sulfide) groups is 1. The number of carbonyl (C=O) groups is 1. The Balaban J connectivity index is 1.69. The lowest BCUT2D eigenvalue weighted by atomic mass is 9.86. The predicted octanol–water partition coefficient (Wildman–Crippen LogP) is 1.51. The monoisotopic (exact) mass is 328 g/mol. The highest BCUT2D eigenvalue weighted by Crippen LogP contribution is 2.54. The maximum atomic E-state index is 12.7. The van der Waals surface area contributed by atoms with Crippen LogP contribution in [0, 0.1) is 5.92 Å².